The maximum absolute atomic E-state index is 11.3. The van der Waals surface area contributed by atoms with Crippen molar-refractivity contribution in [3.05, 3.63) is 95.6 Å². The van der Waals surface area contributed by atoms with Crippen molar-refractivity contribution in [2.45, 2.75) is 25.7 Å². The molecule has 0 aromatic heterocycles. The van der Waals surface area contributed by atoms with E-state index in [2.05, 4.69) is 0 Å². The second-order valence-corrected chi connectivity index (χ2v) is 6.54. The van der Waals surface area contributed by atoms with Crippen LogP contribution in [0.15, 0.2) is 78.9 Å². The van der Waals surface area contributed by atoms with Crippen LogP contribution in [0.4, 0.5) is 0 Å². The SMILES string of the molecule is NC(=O)[C@H](N)Cc1ccc(OCc2ccccc2)c(OCc2ccccc2)c1. The van der Waals surface area contributed by atoms with Gasteiger partial charge in [-0.25, -0.2) is 0 Å². The lowest BCUT2D eigenvalue weighted by molar-refractivity contribution is -0.119. The zero-order chi connectivity index (χ0) is 19.8. The van der Waals surface area contributed by atoms with Crippen LogP contribution in [0.5, 0.6) is 11.5 Å². The van der Waals surface area contributed by atoms with Crippen LogP contribution in [0.2, 0.25) is 0 Å². The third-order valence-electron chi connectivity index (χ3n) is 4.30. The van der Waals surface area contributed by atoms with Gasteiger partial charge in [0.25, 0.3) is 0 Å². The van der Waals surface area contributed by atoms with Crippen LogP contribution < -0.4 is 20.9 Å². The maximum atomic E-state index is 11.3. The zero-order valence-electron chi connectivity index (χ0n) is 15.6. The lowest BCUT2D eigenvalue weighted by atomic mass is 10.1. The van der Waals surface area contributed by atoms with Crippen LogP contribution in [0.3, 0.4) is 0 Å². The third-order valence-corrected chi connectivity index (χ3v) is 4.30. The number of nitrogens with two attached hydrogens (primary N) is 2. The first-order chi connectivity index (χ1) is 13.6. The number of benzene rings is 3. The van der Waals surface area contributed by atoms with E-state index in [9.17, 15) is 4.79 Å². The smallest absolute Gasteiger partial charge is 0.234 e. The Labute approximate surface area is 164 Å². The summed E-state index contributed by atoms with van der Waals surface area (Å²) in [5.74, 6) is 0.710. The highest BCUT2D eigenvalue weighted by Crippen LogP contribution is 2.30. The average Bonchev–Trinajstić information content (AvgIpc) is 2.73. The van der Waals surface area contributed by atoms with Crippen molar-refractivity contribution < 1.29 is 14.3 Å². The van der Waals surface area contributed by atoms with E-state index in [0.717, 1.165) is 16.7 Å². The van der Waals surface area contributed by atoms with E-state index in [1.54, 1.807) is 0 Å². The fourth-order valence-electron chi connectivity index (χ4n) is 2.74. The summed E-state index contributed by atoms with van der Waals surface area (Å²) in [5, 5.41) is 0. The van der Waals surface area contributed by atoms with Crippen molar-refractivity contribution in [1.29, 1.82) is 0 Å². The molecule has 5 nitrogen and oxygen atoms in total. The Bertz CT molecular complexity index is 898. The molecule has 0 aliphatic rings. The van der Waals surface area contributed by atoms with Gasteiger partial charge < -0.3 is 20.9 Å². The molecule has 0 heterocycles. The largest absolute Gasteiger partial charge is 0.485 e. The van der Waals surface area contributed by atoms with Crippen LogP contribution in [0.25, 0.3) is 0 Å². The molecule has 0 fully saturated rings. The first kappa shape index (κ1) is 19.5. The predicted molar refractivity (Wildman–Crippen MR) is 109 cm³/mol. The van der Waals surface area contributed by atoms with E-state index in [1.165, 1.54) is 0 Å². The molecule has 28 heavy (non-hydrogen) atoms. The standard InChI is InChI=1S/C23H24N2O3/c24-20(23(25)26)13-19-11-12-21(27-15-17-7-3-1-4-8-17)22(14-19)28-16-18-9-5-2-6-10-18/h1-12,14,20H,13,15-16,24H2,(H2,25,26)/t20-/m1/s1. The molecule has 144 valence electrons. The fourth-order valence-corrected chi connectivity index (χ4v) is 2.74. The minimum atomic E-state index is -0.738. The van der Waals surface area contributed by atoms with Gasteiger partial charge in [0.1, 0.15) is 13.2 Å². The summed E-state index contributed by atoms with van der Waals surface area (Å²) < 4.78 is 12.0. The summed E-state index contributed by atoms with van der Waals surface area (Å²) in [4.78, 5) is 11.3. The van der Waals surface area contributed by atoms with Crippen LogP contribution >= 0.6 is 0 Å². The maximum Gasteiger partial charge on any atom is 0.234 e. The number of primary amides is 1. The summed E-state index contributed by atoms with van der Waals surface area (Å²) >= 11 is 0. The highest BCUT2D eigenvalue weighted by atomic mass is 16.5. The molecule has 0 bridgehead atoms. The average molecular weight is 376 g/mol. The zero-order valence-corrected chi connectivity index (χ0v) is 15.6. The summed E-state index contributed by atoms with van der Waals surface area (Å²) in [7, 11) is 0. The van der Waals surface area contributed by atoms with Gasteiger partial charge in [-0.05, 0) is 35.2 Å². The molecule has 1 amide bonds. The van der Waals surface area contributed by atoms with E-state index >= 15 is 0 Å². The molecule has 0 saturated heterocycles. The van der Waals surface area contributed by atoms with Crippen LogP contribution in [0.1, 0.15) is 16.7 Å². The number of rotatable bonds is 9. The Morgan fingerprint density at radius 3 is 1.82 bits per heavy atom. The summed E-state index contributed by atoms with van der Waals surface area (Å²) in [6.07, 6.45) is 0.343. The molecule has 0 aliphatic heterocycles. The fraction of sp³-hybridized carbons (Fsp3) is 0.174. The van der Waals surface area contributed by atoms with E-state index in [-0.39, 0.29) is 0 Å². The molecule has 0 radical (unpaired) electrons. The Balaban J connectivity index is 1.76. The molecular weight excluding hydrogens is 352 g/mol. The van der Waals surface area contributed by atoms with E-state index in [1.807, 2.05) is 78.9 Å². The third kappa shape index (κ3) is 5.59. The molecule has 0 aliphatic carbocycles. The van der Waals surface area contributed by atoms with Crippen molar-refractivity contribution in [1.82, 2.24) is 0 Å². The highest BCUT2D eigenvalue weighted by Gasteiger charge is 2.13. The van der Waals surface area contributed by atoms with Gasteiger partial charge >= 0.3 is 0 Å². The minimum absolute atomic E-state index is 0.343. The Kier molecular flexibility index (Phi) is 6.65. The molecule has 3 aromatic carbocycles. The summed E-state index contributed by atoms with van der Waals surface area (Å²) in [6.45, 7) is 0.844. The monoisotopic (exact) mass is 376 g/mol. The van der Waals surface area contributed by atoms with Gasteiger partial charge in [-0.3, -0.25) is 4.79 Å². The Morgan fingerprint density at radius 1 is 0.750 bits per heavy atom. The number of hydrogen-bond donors (Lipinski definition) is 2. The number of hydrogen-bond acceptors (Lipinski definition) is 4. The molecule has 0 spiro atoms. The van der Waals surface area contributed by atoms with Crippen molar-refractivity contribution in [3.63, 3.8) is 0 Å². The number of carbonyl (C=O) groups excluding carboxylic acids is 1. The van der Waals surface area contributed by atoms with Gasteiger partial charge in [0.2, 0.25) is 5.91 Å². The van der Waals surface area contributed by atoms with Gasteiger partial charge in [-0.15, -0.1) is 0 Å². The highest BCUT2D eigenvalue weighted by molar-refractivity contribution is 5.79. The van der Waals surface area contributed by atoms with Crippen molar-refractivity contribution >= 4 is 5.91 Å². The molecule has 5 heteroatoms. The second-order valence-electron chi connectivity index (χ2n) is 6.54. The lowest BCUT2D eigenvalue weighted by Gasteiger charge is -2.15. The second kappa shape index (κ2) is 9.58. The van der Waals surface area contributed by atoms with Crippen LogP contribution in [-0.2, 0) is 24.4 Å². The van der Waals surface area contributed by atoms with Crippen molar-refractivity contribution in [2.75, 3.05) is 0 Å². The number of amides is 1. The van der Waals surface area contributed by atoms with E-state index < -0.39 is 11.9 Å². The molecule has 4 N–H and O–H groups in total. The van der Waals surface area contributed by atoms with E-state index in [4.69, 9.17) is 20.9 Å². The first-order valence-electron chi connectivity index (χ1n) is 9.13. The van der Waals surface area contributed by atoms with Crippen molar-refractivity contribution in [3.8, 4) is 11.5 Å². The first-order valence-corrected chi connectivity index (χ1v) is 9.13. The number of carbonyl (C=O) groups is 1. The molecule has 0 unspecified atom stereocenters. The topological polar surface area (TPSA) is 87.6 Å². The molecule has 0 saturated carbocycles. The molecular formula is C23H24N2O3. The molecule has 1 atom stereocenters. The minimum Gasteiger partial charge on any atom is -0.485 e. The molecule has 3 rings (SSSR count). The van der Waals surface area contributed by atoms with Gasteiger partial charge in [0, 0.05) is 0 Å². The molecule has 3 aromatic rings. The van der Waals surface area contributed by atoms with Gasteiger partial charge in [0.05, 0.1) is 6.04 Å². The summed E-state index contributed by atoms with van der Waals surface area (Å²) in [6, 6.07) is 24.6. The van der Waals surface area contributed by atoms with Gasteiger partial charge in [-0.1, -0.05) is 66.7 Å². The van der Waals surface area contributed by atoms with Gasteiger partial charge in [-0.2, -0.15) is 0 Å². The van der Waals surface area contributed by atoms with Crippen molar-refractivity contribution in [2.24, 2.45) is 11.5 Å². The van der Waals surface area contributed by atoms with Crippen LogP contribution in [0, 0.1) is 0 Å². The van der Waals surface area contributed by atoms with E-state index in [0.29, 0.717) is 31.1 Å². The number of ether oxygens (including phenoxy) is 2. The Hall–Kier alpha value is -3.31. The quantitative estimate of drug-likeness (QED) is 0.600. The summed E-state index contributed by atoms with van der Waals surface area (Å²) in [5.41, 5.74) is 14.0. The lowest BCUT2D eigenvalue weighted by Crippen LogP contribution is -2.38. The predicted octanol–water partition coefficient (Wildman–Crippen LogP) is 3.20. The Morgan fingerprint density at radius 2 is 1.29 bits per heavy atom. The normalized spacial score (nSPS) is 11.6. The van der Waals surface area contributed by atoms with Crippen LogP contribution in [-0.4, -0.2) is 11.9 Å². The van der Waals surface area contributed by atoms with Gasteiger partial charge in [0.15, 0.2) is 11.5 Å².